The predicted molar refractivity (Wildman–Crippen MR) is 148 cm³/mol. The molecule has 206 valence electrons. The van der Waals surface area contributed by atoms with Gasteiger partial charge in [0, 0.05) is 10.6 Å². The van der Waals surface area contributed by atoms with Gasteiger partial charge in [-0.3, -0.25) is 18.6 Å². The maximum atomic E-state index is 13.4. The molecule has 0 radical (unpaired) electrons. The number of rotatable bonds is 9. The molecule has 4 unspecified atom stereocenters. The zero-order valence-electron chi connectivity index (χ0n) is 21.3. The number of hydrogen-bond acceptors (Lipinski definition) is 8. The fourth-order valence-corrected chi connectivity index (χ4v) is 7.13. The Bertz CT molecular complexity index is 1440. The molecule has 0 aliphatic carbocycles. The van der Waals surface area contributed by atoms with E-state index in [2.05, 4.69) is 11.9 Å². The van der Waals surface area contributed by atoms with Gasteiger partial charge < -0.3 is 19.7 Å². The number of carbonyl (C=O) groups is 4. The highest BCUT2D eigenvalue weighted by molar-refractivity contribution is 7.86. The summed E-state index contributed by atoms with van der Waals surface area (Å²) < 4.78 is 23.9. The van der Waals surface area contributed by atoms with Crippen LogP contribution < -0.4 is 5.32 Å². The van der Waals surface area contributed by atoms with Crippen LogP contribution in [0.3, 0.4) is 0 Å². The van der Waals surface area contributed by atoms with Gasteiger partial charge >= 0.3 is 11.9 Å². The van der Waals surface area contributed by atoms with Crippen molar-refractivity contribution in [2.75, 3.05) is 5.75 Å². The van der Waals surface area contributed by atoms with Gasteiger partial charge in [0.2, 0.25) is 11.8 Å². The predicted octanol–water partition coefficient (Wildman–Crippen LogP) is 2.66. The van der Waals surface area contributed by atoms with E-state index in [1.807, 2.05) is 36.4 Å². The average molecular weight is 579 g/mol. The summed E-state index contributed by atoms with van der Waals surface area (Å²) in [6.45, 7) is 3.84. The Labute approximate surface area is 237 Å². The van der Waals surface area contributed by atoms with Crippen molar-refractivity contribution in [2.45, 2.75) is 36.6 Å². The second-order valence-corrected chi connectivity index (χ2v) is 11.9. The molecule has 2 amide bonds. The summed E-state index contributed by atoms with van der Waals surface area (Å²) in [7, 11) is -1.62. The summed E-state index contributed by atoms with van der Waals surface area (Å²) in [5.41, 5.74) is 1.83. The molecular formula is C29H26N2O7S2. The molecule has 2 saturated heterocycles. The van der Waals surface area contributed by atoms with Crippen LogP contribution in [0.5, 0.6) is 0 Å². The van der Waals surface area contributed by atoms with Crippen LogP contribution in [0.25, 0.3) is 0 Å². The first-order valence-electron chi connectivity index (χ1n) is 12.5. The number of nitrogens with zero attached hydrogens (tertiary/aromatic N) is 1. The number of ether oxygens (including phenoxy) is 2. The number of fused-ring (bicyclic) bond motifs is 1. The molecule has 1 aromatic heterocycles. The maximum Gasteiger partial charge on any atom is 0.333 e. The summed E-state index contributed by atoms with van der Waals surface area (Å²) in [6.07, 6.45) is 0. The number of benzene rings is 2. The largest absolute Gasteiger partial charge is 0.460 e. The zero-order valence-corrected chi connectivity index (χ0v) is 22.9. The van der Waals surface area contributed by atoms with E-state index in [9.17, 15) is 23.4 Å². The molecule has 2 fully saturated rings. The second-order valence-electron chi connectivity index (χ2n) is 9.34. The Kier molecular flexibility index (Phi) is 8.22. The van der Waals surface area contributed by atoms with E-state index in [0.29, 0.717) is 10.5 Å². The fraction of sp³-hybridized carbons (Fsp3) is 0.241. The van der Waals surface area contributed by atoms with Crippen molar-refractivity contribution < 1.29 is 32.9 Å². The van der Waals surface area contributed by atoms with Crippen molar-refractivity contribution in [1.29, 1.82) is 0 Å². The second kappa shape index (κ2) is 12.0. The lowest BCUT2D eigenvalue weighted by Crippen LogP contribution is -2.77. The van der Waals surface area contributed by atoms with Crippen molar-refractivity contribution >= 4 is 45.9 Å². The van der Waals surface area contributed by atoms with Gasteiger partial charge in [-0.2, -0.15) is 0 Å². The van der Waals surface area contributed by atoms with Crippen LogP contribution in [0.2, 0.25) is 0 Å². The number of nitrogens with one attached hydrogen (secondary N) is 1. The fourth-order valence-electron chi connectivity index (χ4n) is 4.66. The van der Waals surface area contributed by atoms with Crippen LogP contribution >= 0.6 is 11.3 Å². The van der Waals surface area contributed by atoms with Crippen LogP contribution in [-0.4, -0.2) is 56.1 Å². The number of carbonyl (C=O) groups excluding carboxylic acids is 4. The highest BCUT2D eigenvalue weighted by atomic mass is 32.2. The lowest BCUT2D eigenvalue weighted by Gasteiger charge is -2.52. The summed E-state index contributed by atoms with van der Waals surface area (Å²) in [5, 5.41) is 3.36. The van der Waals surface area contributed by atoms with Crippen molar-refractivity contribution in [3.05, 3.63) is 106 Å². The highest BCUT2D eigenvalue weighted by Gasteiger charge is 2.59. The lowest BCUT2D eigenvalue weighted by atomic mass is 9.97. The van der Waals surface area contributed by atoms with Crippen LogP contribution in [0.1, 0.15) is 21.9 Å². The molecule has 2 aliphatic heterocycles. The average Bonchev–Trinajstić information content (AvgIpc) is 3.49. The monoisotopic (exact) mass is 578 g/mol. The molecule has 0 saturated carbocycles. The number of amides is 2. The lowest BCUT2D eigenvalue weighted by molar-refractivity contribution is -0.164. The molecule has 3 heterocycles. The molecule has 2 aliphatic rings. The maximum absolute atomic E-state index is 13.4. The van der Waals surface area contributed by atoms with Crippen molar-refractivity contribution in [3.8, 4) is 0 Å². The molecule has 2 aromatic carbocycles. The number of thiophene rings is 1. The minimum absolute atomic E-state index is 0.00694. The smallest absolute Gasteiger partial charge is 0.333 e. The van der Waals surface area contributed by atoms with Gasteiger partial charge in [0.25, 0.3) is 0 Å². The third kappa shape index (κ3) is 5.61. The minimum Gasteiger partial charge on any atom is -0.460 e. The molecule has 11 heteroatoms. The summed E-state index contributed by atoms with van der Waals surface area (Å²) in [6, 6.07) is 19.2. The Morgan fingerprint density at radius 3 is 2.20 bits per heavy atom. The molecule has 5 atom stereocenters. The van der Waals surface area contributed by atoms with E-state index in [1.165, 1.54) is 11.3 Å². The summed E-state index contributed by atoms with van der Waals surface area (Å²) in [4.78, 5) is 54.2. The van der Waals surface area contributed by atoms with Crippen LogP contribution in [-0.2, 0) is 52.7 Å². The van der Waals surface area contributed by atoms with E-state index in [-0.39, 0.29) is 19.0 Å². The van der Waals surface area contributed by atoms with Crippen molar-refractivity contribution in [2.24, 2.45) is 0 Å². The van der Waals surface area contributed by atoms with E-state index in [1.54, 1.807) is 41.8 Å². The standard InChI is InChI=1S/C29H26N2O7S2/c1-18-17-40(36)27-23(26(33)31(27)24(18)29(35)38-16-20-11-6-3-7-12-20)30-25(32)22(21-13-8-14-39-21)28(34)37-15-19-9-4-2-5-10-19/h2-14,22-24,27H,1,15-17H2,(H,30,32)/t22?,23?,24?,27-,40?/m0/s1. The molecule has 0 spiro atoms. The Morgan fingerprint density at radius 2 is 1.60 bits per heavy atom. The molecular weight excluding hydrogens is 552 g/mol. The molecule has 1 N–H and O–H groups in total. The van der Waals surface area contributed by atoms with Gasteiger partial charge in [0.1, 0.15) is 24.6 Å². The first-order valence-corrected chi connectivity index (χ1v) is 14.7. The SMILES string of the molecule is C=C1CS(=O)[C@H]2C(NC(=O)C(C(=O)OCc3ccccc3)c3cccs3)C(=O)N2C1C(=O)OCc1ccccc1. The van der Waals surface area contributed by atoms with E-state index in [0.717, 1.165) is 16.0 Å². The molecule has 9 nitrogen and oxygen atoms in total. The first-order chi connectivity index (χ1) is 19.3. The van der Waals surface area contributed by atoms with Gasteiger partial charge in [-0.1, -0.05) is 73.3 Å². The van der Waals surface area contributed by atoms with Gasteiger partial charge in [0.05, 0.1) is 10.8 Å². The summed E-state index contributed by atoms with van der Waals surface area (Å²) >= 11 is 1.20. The van der Waals surface area contributed by atoms with Crippen LogP contribution in [0, 0.1) is 0 Å². The van der Waals surface area contributed by atoms with Gasteiger partial charge in [-0.05, 0) is 28.1 Å². The topological polar surface area (TPSA) is 119 Å². The molecule has 5 rings (SSSR count). The van der Waals surface area contributed by atoms with E-state index < -0.39 is 57.9 Å². The van der Waals surface area contributed by atoms with Crippen LogP contribution in [0.4, 0.5) is 0 Å². The Hall–Kier alpha value is -4.09. The normalized spacial score (nSPS) is 22.4. The number of esters is 2. The highest BCUT2D eigenvalue weighted by Crippen LogP contribution is 2.35. The number of β-lactam (4-membered cyclic amide) rings is 1. The van der Waals surface area contributed by atoms with Crippen molar-refractivity contribution in [3.63, 3.8) is 0 Å². The zero-order chi connectivity index (χ0) is 28.2. The first kappa shape index (κ1) is 27.5. The Morgan fingerprint density at radius 1 is 0.975 bits per heavy atom. The third-order valence-electron chi connectivity index (χ3n) is 6.64. The van der Waals surface area contributed by atoms with Gasteiger partial charge in [0.15, 0.2) is 12.0 Å². The van der Waals surface area contributed by atoms with Crippen LogP contribution in [0.15, 0.2) is 90.3 Å². The molecule has 3 aromatic rings. The summed E-state index contributed by atoms with van der Waals surface area (Å²) in [5.74, 6) is -4.15. The van der Waals surface area contributed by atoms with E-state index in [4.69, 9.17) is 9.47 Å². The van der Waals surface area contributed by atoms with Gasteiger partial charge in [-0.25, -0.2) is 4.79 Å². The van der Waals surface area contributed by atoms with Crippen molar-refractivity contribution in [1.82, 2.24) is 10.2 Å². The Balaban J connectivity index is 1.28. The number of hydrogen-bond donors (Lipinski definition) is 1. The molecule has 40 heavy (non-hydrogen) atoms. The minimum atomic E-state index is -1.62. The van der Waals surface area contributed by atoms with E-state index >= 15 is 0 Å². The van der Waals surface area contributed by atoms with Gasteiger partial charge in [-0.15, -0.1) is 11.3 Å². The third-order valence-corrected chi connectivity index (χ3v) is 9.27. The molecule has 0 bridgehead atoms. The quantitative estimate of drug-likeness (QED) is 0.180.